The molecular formula is C13H19NO2S. The topological polar surface area (TPSA) is 50.2 Å². The average molecular weight is 253 g/mol. The summed E-state index contributed by atoms with van der Waals surface area (Å²) in [4.78, 5) is 16.1. The molecule has 1 rings (SSSR count). The Labute approximate surface area is 106 Å². The number of carbonyl (C=O) groups is 1. The first-order chi connectivity index (χ1) is 7.90. The Bertz CT molecular complexity index is 419. The van der Waals surface area contributed by atoms with Crippen LogP contribution in [-0.4, -0.2) is 16.1 Å². The zero-order valence-corrected chi connectivity index (χ0v) is 11.5. The van der Waals surface area contributed by atoms with E-state index in [4.69, 9.17) is 5.11 Å². The van der Waals surface area contributed by atoms with Gasteiger partial charge < -0.3 is 5.11 Å². The highest BCUT2D eigenvalue weighted by atomic mass is 32.1. The highest BCUT2D eigenvalue weighted by molar-refractivity contribution is 7.12. The second-order valence-corrected chi connectivity index (χ2v) is 5.90. The summed E-state index contributed by atoms with van der Waals surface area (Å²) >= 11 is 1.60. The zero-order chi connectivity index (χ0) is 13.0. The molecule has 0 amide bonds. The lowest BCUT2D eigenvalue weighted by atomic mass is 10.1. The summed E-state index contributed by atoms with van der Waals surface area (Å²) in [6.45, 7) is 8.46. The second-order valence-electron chi connectivity index (χ2n) is 4.78. The zero-order valence-electron chi connectivity index (χ0n) is 10.7. The van der Waals surface area contributed by atoms with Crippen LogP contribution < -0.4 is 0 Å². The van der Waals surface area contributed by atoms with E-state index in [0.717, 1.165) is 22.0 Å². The Kier molecular flexibility index (Phi) is 4.87. The van der Waals surface area contributed by atoms with Gasteiger partial charge in [-0.15, -0.1) is 11.3 Å². The van der Waals surface area contributed by atoms with Crippen LogP contribution in [0.2, 0.25) is 0 Å². The summed E-state index contributed by atoms with van der Waals surface area (Å²) in [6, 6.07) is 0. The average Bonchev–Trinajstić information content (AvgIpc) is 2.57. The van der Waals surface area contributed by atoms with Crippen LogP contribution >= 0.6 is 11.3 Å². The molecule has 0 aliphatic heterocycles. The van der Waals surface area contributed by atoms with Gasteiger partial charge in [-0.05, 0) is 17.9 Å². The van der Waals surface area contributed by atoms with E-state index < -0.39 is 5.97 Å². The van der Waals surface area contributed by atoms with Gasteiger partial charge in [0.05, 0.1) is 15.6 Å². The van der Waals surface area contributed by atoms with Crippen molar-refractivity contribution < 1.29 is 9.90 Å². The van der Waals surface area contributed by atoms with Crippen molar-refractivity contribution in [2.75, 3.05) is 0 Å². The summed E-state index contributed by atoms with van der Waals surface area (Å²) in [6.07, 6.45) is 3.78. The van der Waals surface area contributed by atoms with Crippen molar-refractivity contribution >= 4 is 23.4 Å². The molecule has 0 fully saturated rings. The van der Waals surface area contributed by atoms with Gasteiger partial charge in [0.2, 0.25) is 0 Å². The maximum Gasteiger partial charge on any atom is 0.328 e. The molecule has 0 saturated carbocycles. The van der Waals surface area contributed by atoms with Gasteiger partial charge in [0.25, 0.3) is 0 Å². The molecule has 0 aliphatic carbocycles. The molecule has 0 atom stereocenters. The van der Waals surface area contributed by atoms with Gasteiger partial charge in [-0.25, -0.2) is 9.78 Å². The standard InChI is InChI=1S/C13H19NO2S/c1-8(2)7-11-14-13(9(3)4)10(17-11)5-6-12(15)16/h5-6,8-9H,7H2,1-4H3,(H,15,16)/b6-5+. The van der Waals surface area contributed by atoms with Crippen LogP contribution in [0.5, 0.6) is 0 Å². The van der Waals surface area contributed by atoms with Crippen LogP contribution in [-0.2, 0) is 11.2 Å². The number of thiazole rings is 1. The number of hydrogen-bond acceptors (Lipinski definition) is 3. The fourth-order valence-corrected chi connectivity index (χ4v) is 2.84. The number of aliphatic carboxylic acids is 1. The van der Waals surface area contributed by atoms with Crippen LogP contribution in [0.3, 0.4) is 0 Å². The minimum absolute atomic E-state index is 0.320. The van der Waals surface area contributed by atoms with Gasteiger partial charge in [0.1, 0.15) is 0 Å². The van der Waals surface area contributed by atoms with Crippen molar-refractivity contribution in [3.63, 3.8) is 0 Å². The summed E-state index contributed by atoms with van der Waals surface area (Å²) < 4.78 is 0. The molecule has 94 valence electrons. The molecular weight excluding hydrogens is 234 g/mol. The smallest absolute Gasteiger partial charge is 0.328 e. The number of hydrogen-bond donors (Lipinski definition) is 1. The maximum atomic E-state index is 10.5. The predicted molar refractivity (Wildman–Crippen MR) is 71.4 cm³/mol. The van der Waals surface area contributed by atoms with E-state index in [2.05, 4.69) is 32.7 Å². The lowest BCUT2D eigenvalue weighted by Crippen LogP contribution is -1.95. The van der Waals surface area contributed by atoms with E-state index in [-0.39, 0.29) is 0 Å². The number of carboxylic acids is 1. The fourth-order valence-electron chi connectivity index (χ4n) is 1.51. The lowest BCUT2D eigenvalue weighted by Gasteiger charge is -2.01. The van der Waals surface area contributed by atoms with E-state index in [1.807, 2.05) is 0 Å². The molecule has 0 spiro atoms. The Morgan fingerprint density at radius 2 is 2.06 bits per heavy atom. The van der Waals surface area contributed by atoms with E-state index in [1.54, 1.807) is 17.4 Å². The van der Waals surface area contributed by atoms with Gasteiger partial charge in [0.15, 0.2) is 0 Å². The first-order valence-corrected chi connectivity index (χ1v) is 6.62. The largest absolute Gasteiger partial charge is 0.478 e. The summed E-state index contributed by atoms with van der Waals surface area (Å²) in [5.74, 6) is -0.0309. The fraction of sp³-hybridized carbons (Fsp3) is 0.538. The Morgan fingerprint density at radius 1 is 1.41 bits per heavy atom. The first kappa shape index (κ1) is 13.9. The van der Waals surface area contributed by atoms with Crippen LogP contribution in [0, 0.1) is 5.92 Å². The third-order valence-electron chi connectivity index (χ3n) is 2.23. The van der Waals surface area contributed by atoms with Crippen molar-refractivity contribution in [2.24, 2.45) is 5.92 Å². The van der Waals surface area contributed by atoms with Crippen molar-refractivity contribution in [1.29, 1.82) is 0 Å². The van der Waals surface area contributed by atoms with Crippen molar-refractivity contribution in [1.82, 2.24) is 4.98 Å². The summed E-state index contributed by atoms with van der Waals surface area (Å²) in [7, 11) is 0. The molecule has 0 aliphatic rings. The summed E-state index contributed by atoms with van der Waals surface area (Å²) in [5.41, 5.74) is 1.00. The minimum atomic E-state index is -0.918. The minimum Gasteiger partial charge on any atom is -0.478 e. The Hall–Kier alpha value is -1.16. The highest BCUT2D eigenvalue weighted by Gasteiger charge is 2.13. The Balaban J connectivity index is 3.01. The van der Waals surface area contributed by atoms with Crippen LogP contribution in [0.1, 0.15) is 49.2 Å². The molecule has 1 aromatic heterocycles. The molecule has 3 nitrogen and oxygen atoms in total. The lowest BCUT2D eigenvalue weighted by molar-refractivity contribution is -0.131. The molecule has 0 saturated heterocycles. The van der Waals surface area contributed by atoms with Crippen LogP contribution in [0.25, 0.3) is 6.08 Å². The molecule has 0 radical (unpaired) electrons. The van der Waals surface area contributed by atoms with E-state index in [9.17, 15) is 4.79 Å². The third kappa shape index (κ3) is 4.30. The molecule has 4 heteroatoms. The van der Waals surface area contributed by atoms with Gasteiger partial charge in [-0.2, -0.15) is 0 Å². The van der Waals surface area contributed by atoms with Gasteiger partial charge >= 0.3 is 5.97 Å². The molecule has 1 heterocycles. The predicted octanol–water partition coefficient (Wildman–Crippen LogP) is 3.56. The van der Waals surface area contributed by atoms with Gasteiger partial charge in [-0.3, -0.25) is 0 Å². The third-order valence-corrected chi connectivity index (χ3v) is 3.29. The SMILES string of the molecule is CC(C)Cc1nc(C(C)C)c(/C=C/C(=O)O)s1. The molecule has 17 heavy (non-hydrogen) atoms. The number of carboxylic acid groups (broad SMARTS) is 1. The van der Waals surface area contributed by atoms with E-state index in [1.165, 1.54) is 6.08 Å². The highest BCUT2D eigenvalue weighted by Crippen LogP contribution is 2.27. The molecule has 1 N–H and O–H groups in total. The Morgan fingerprint density at radius 3 is 2.53 bits per heavy atom. The summed E-state index contributed by atoms with van der Waals surface area (Å²) in [5, 5.41) is 9.75. The molecule has 1 aromatic rings. The maximum absolute atomic E-state index is 10.5. The molecule has 0 bridgehead atoms. The monoisotopic (exact) mass is 253 g/mol. The second kappa shape index (κ2) is 5.96. The van der Waals surface area contributed by atoms with Crippen molar-refractivity contribution in [3.8, 4) is 0 Å². The van der Waals surface area contributed by atoms with Crippen LogP contribution in [0.15, 0.2) is 6.08 Å². The van der Waals surface area contributed by atoms with Crippen molar-refractivity contribution in [2.45, 2.75) is 40.0 Å². The van der Waals surface area contributed by atoms with Crippen molar-refractivity contribution in [3.05, 3.63) is 21.7 Å². The first-order valence-electron chi connectivity index (χ1n) is 5.80. The quantitative estimate of drug-likeness (QED) is 0.816. The number of nitrogens with zero attached hydrogens (tertiary/aromatic N) is 1. The van der Waals surface area contributed by atoms with E-state index >= 15 is 0 Å². The number of aromatic nitrogens is 1. The van der Waals surface area contributed by atoms with E-state index in [0.29, 0.717) is 11.8 Å². The molecule has 0 aromatic carbocycles. The molecule has 0 unspecified atom stereocenters. The normalized spacial score (nSPS) is 11.9. The number of rotatable bonds is 5. The van der Waals surface area contributed by atoms with Gasteiger partial charge in [-0.1, -0.05) is 27.7 Å². The van der Waals surface area contributed by atoms with Crippen LogP contribution in [0.4, 0.5) is 0 Å². The van der Waals surface area contributed by atoms with Gasteiger partial charge in [0, 0.05) is 12.5 Å².